The van der Waals surface area contributed by atoms with Crippen LogP contribution in [0.15, 0.2) is 47.4 Å². The summed E-state index contributed by atoms with van der Waals surface area (Å²) in [7, 11) is 0. The quantitative estimate of drug-likeness (QED) is 0.668. The van der Waals surface area contributed by atoms with E-state index in [1.807, 2.05) is 33.8 Å². The number of ether oxygens (including phenoxy) is 1. The third-order valence-electron chi connectivity index (χ3n) is 3.94. The van der Waals surface area contributed by atoms with Crippen LogP contribution in [0.3, 0.4) is 0 Å². The highest BCUT2D eigenvalue weighted by Gasteiger charge is 2.25. The summed E-state index contributed by atoms with van der Waals surface area (Å²) in [6.07, 6.45) is 4.83. The summed E-state index contributed by atoms with van der Waals surface area (Å²) >= 11 is 0. The molecule has 0 aliphatic carbocycles. The van der Waals surface area contributed by atoms with Gasteiger partial charge in [-0.05, 0) is 38.0 Å². The van der Waals surface area contributed by atoms with Gasteiger partial charge in [-0.25, -0.2) is 4.98 Å². The first-order valence-corrected chi connectivity index (χ1v) is 9.11. The van der Waals surface area contributed by atoms with Crippen LogP contribution in [0, 0.1) is 5.92 Å². The Balaban J connectivity index is 1.74. The lowest BCUT2D eigenvalue weighted by atomic mass is 10.0. The zero-order valence-electron chi connectivity index (χ0n) is 16.3. The van der Waals surface area contributed by atoms with E-state index in [2.05, 4.69) is 25.4 Å². The lowest BCUT2D eigenvalue weighted by molar-refractivity contribution is 0.0913. The monoisotopic (exact) mass is 381 g/mol. The van der Waals surface area contributed by atoms with Crippen LogP contribution in [0.1, 0.15) is 50.0 Å². The fourth-order valence-electron chi connectivity index (χ4n) is 2.54. The lowest BCUT2D eigenvalue weighted by Crippen LogP contribution is -2.32. The molecule has 3 aromatic heterocycles. The summed E-state index contributed by atoms with van der Waals surface area (Å²) in [5.41, 5.74) is 1.17. The summed E-state index contributed by atoms with van der Waals surface area (Å²) in [6.45, 7) is 7.77. The van der Waals surface area contributed by atoms with Crippen LogP contribution in [0.25, 0.3) is 11.4 Å². The van der Waals surface area contributed by atoms with E-state index >= 15 is 0 Å². The maximum atomic E-state index is 12.7. The van der Waals surface area contributed by atoms with Gasteiger partial charge in [-0.3, -0.25) is 9.78 Å². The molecular formula is C20H23N5O3. The van der Waals surface area contributed by atoms with Gasteiger partial charge >= 0.3 is 0 Å². The van der Waals surface area contributed by atoms with Gasteiger partial charge in [0.05, 0.1) is 11.7 Å². The summed E-state index contributed by atoms with van der Waals surface area (Å²) in [5, 5.41) is 6.95. The van der Waals surface area contributed by atoms with E-state index in [9.17, 15) is 4.79 Å². The van der Waals surface area contributed by atoms with Gasteiger partial charge in [-0.2, -0.15) is 4.98 Å². The van der Waals surface area contributed by atoms with Crippen molar-refractivity contribution in [2.24, 2.45) is 5.92 Å². The Bertz CT molecular complexity index is 907. The van der Waals surface area contributed by atoms with Crippen molar-refractivity contribution in [3.63, 3.8) is 0 Å². The molecule has 8 nitrogen and oxygen atoms in total. The van der Waals surface area contributed by atoms with Gasteiger partial charge in [0.2, 0.25) is 17.6 Å². The molecule has 28 heavy (non-hydrogen) atoms. The topological polar surface area (TPSA) is 103 Å². The van der Waals surface area contributed by atoms with E-state index in [0.29, 0.717) is 23.2 Å². The highest BCUT2D eigenvalue weighted by atomic mass is 16.5. The molecule has 1 N–H and O–H groups in total. The third-order valence-corrected chi connectivity index (χ3v) is 3.94. The van der Waals surface area contributed by atoms with Crippen LogP contribution in [0.2, 0.25) is 0 Å². The number of carbonyl (C=O) groups excluding carboxylic acids is 1. The number of carbonyl (C=O) groups is 1. The van der Waals surface area contributed by atoms with Crippen molar-refractivity contribution < 1.29 is 14.1 Å². The number of amides is 1. The molecule has 3 rings (SSSR count). The minimum atomic E-state index is -0.433. The smallest absolute Gasteiger partial charge is 0.253 e. The van der Waals surface area contributed by atoms with Gasteiger partial charge in [-0.15, -0.1) is 0 Å². The molecule has 0 radical (unpaired) electrons. The highest BCUT2D eigenvalue weighted by Crippen LogP contribution is 2.23. The summed E-state index contributed by atoms with van der Waals surface area (Å²) in [4.78, 5) is 25.3. The first kappa shape index (κ1) is 19.5. The number of rotatable bonds is 7. The van der Waals surface area contributed by atoms with E-state index in [0.717, 1.165) is 5.56 Å². The first-order chi connectivity index (χ1) is 13.4. The Hall–Kier alpha value is -3.29. The normalized spacial score (nSPS) is 12.2. The average Bonchev–Trinajstić information content (AvgIpc) is 3.16. The number of nitrogens with one attached hydrogen (secondary N) is 1. The maximum Gasteiger partial charge on any atom is 0.253 e. The van der Waals surface area contributed by atoms with Crippen molar-refractivity contribution in [3.05, 3.63) is 54.3 Å². The molecule has 0 aliphatic rings. The molecule has 0 aliphatic heterocycles. The predicted molar refractivity (Wildman–Crippen MR) is 103 cm³/mol. The molecule has 146 valence electrons. The second-order valence-electron chi connectivity index (χ2n) is 6.94. The van der Waals surface area contributed by atoms with Gasteiger partial charge in [0.15, 0.2) is 0 Å². The van der Waals surface area contributed by atoms with Gasteiger partial charge in [-0.1, -0.05) is 19.0 Å². The molecule has 0 fully saturated rings. The van der Waals surface area contributed by atoms with Gasteiger partial charge in [0.25, 0.3) is 5.91 Å². The minimum Gasteiger partial charge on any atom is -0.475 e. The van der Waals surface area contributed by atoms with Crippen LogP contribution in [0.4, 0.5) is 0 Å². The van der Waals surface area contributed by atoms with Crippen LogP contribution in [0.5, 0.6) is 5.88 Å². The second-order valence-corrected chi connectivity index (χ2v) is 6.94. The maximum absolute atomic E-state index is 12.7. The first-order valence-electron chi connectivity index (χ1n) is 9.11. The number of hydrogen-bond acceptors (Lipinski definition) is 7. The number of hydrogen-bond donors (Lipinski definition) is 1. The standard InChI is InChI=1S/C20H23N5O3/c1-12(2)17(20-24-18(25-28-20)14-6-5-9-21-10-14)23-19(26)15-7-8-16(22-11-15)27-13(3)4/h5-13,17H,1-4H3,(H,23,26). The van der Waals surface area contributed by atoms with Gasteiger partial charge in [0, 0.05) is 30.2 Å². The van der Waals surface area contributed by atoms with Gasteiger partial charge in [0.1, 0.15) is 6.04 Å². The van der Waals surface area contributed by atoms with Crippen LogP contribution in [-0.4, -0.2) is 32.1 Å². The van der Waals surface area contributed by atoms with E-state index < -0.39 is 6.04 Å². The molecule has 0 bridgehead atoms. The fourth-order valence-corrected chi connectivity index (χ4v) is 2.54. The van der Waals surface area contributed by atoms with Crippen molar-refractivity contribution in [3.8, 4) is 17.3 Å². The Morgan fingerprint density at radius 1 is 1.14 bits per heavy atom. The zero-order valence-corrected chi connectivity index (χ0v) is 16.3. The molecule has 1 unspecified atom stereocenters. The minimum absolute atomic E-state index is 0.0176. The van der Waals surface area contributed by atoms with Crippen molar-refractivity contribution in [2.45, 2.75) is 39.8 Å². The Kier molecular flexibility index (Phi) is 5.98. The predicted octanol–water partition coefficient (Wildman–Crippen LogP) is 3.44. The van der Waals surface area contributed by atoms with E-state index in [1.165, 1.54) is 6.20 Å². The largest absolute Gasteiger partial charge is 0.475 e. The molecule has 0 saturated heterocycles. The average molecular weight is 381 g/mol. The third kappa shape index (κ3) is 4.70. The van der Waals surface area contributed by atoms with Crippen molar-refractivity contribution >= 4 is 5.91 Å². The lowest BCUT2D eigenvalue weighted by Gasteiger charge is -2.18. The van der Waals surface area contributed by atoms with E-state index in [1.54, 1.807) is 30.6 Å². The summed E-state index contributed by atoms with van der Waals surface area (Å²) in [6, 6.07) is 6.56. The highest BCUT2D eigenvalue weighted by molar-refractivity contribution is 5.94. The SMILES string of the molecule is CC(C)Oc1ccc(C(=O)NC(c2nc(-c3cccnc3)no2)C(C)C)cn1. The molecule has 0 saturated carbocycles. The number of pyridine rings is 2. The molecule has 3 heterocycles. The van der Waals surface area contributed by atoms with Crippen molar-refractivity contribution in [1.82, 2.24) is 25.4 Å². The molecule has 0 aromatic carbocycles. The summed E-state index contributed by atoms with van der Waals surface area (Å²) < 4.78 is 10.9. The van der Waals surface area contributed by atoms with Crippen LogP contribution >= 0.6 is 0 Å². The molecule has 8 heteroatoms. The molecule has 0 spiro atoms. The number of aromatic nitrogens is 4. The molecule has 1 amide bonds. The molecular weight excluding hydrogens is 358 g/mol. The van der Waals surface area contributed by atoms with Crippen LogP contribution in [-0.2, 0) is 0 Å². The Morgan fingerprint density at radius 2 is 1.96 bits per heavy atom. The van der Waals surface area contributed by atoms with Crippen molar-refractivity contribution in [1.29, 1.82) is 0 Å². The number of nitrogens with zero attached hydrogens (tertiary/aromatic N) is 4. The fraction of sp³-hybridized carbons (Fsp3) is 0.350. The second kappa shape index (κ2) is 8.60. The zero-order chi connectivity index (χ0) is 20.1. The Morgan fingerprint density at radius 3 is 2.57 bits per heavy atom. The van der Waals surface area contributed by atoms with E-state index in [4.69, 9.17) is 9.26 Å². The molecule has 3 aromatic rings. The van der Waals surface area contributed by atoms with Crippen LogP contribution < -0.4 is 10.1 Å². The van der Waals surface area contributed by atoms with E-state index in [-0.39, 0.29) is 17.9 Å². The summed E-state index contributed by atoms with van der Waals surface area (Å²) in [5.74, 6) is 1.02. The van der Waals surface area contributed by atoms with Crippen molar-refractivity contribution in [2.75, 3.05) is 0 Å². The Labute approximate surface area is 163 Å². The molecule has 1 atom stereocenters. The van der Waals surface area contributed by atoms with Gasteiger partial charge < -0.3 is 14.6 Å².